The van der Waals surface area contributed by atoms with Crippen molar-refractivity contribution in [3.8, 4) is 0 Å². The van der Waals surface area contributed by atoms with E-state index < -0.39 is 0 Å². The Labute approximate surface area is 119 Å². The van der Waals surface area contributed by atoms with E-state index in [0.717, 1.165) is 37.3 Å². The monoisotopic (exact) mass is 299 g/mol. The average molecular weight is 300 g/mol. The third kappa shape index (κ3) is 2.63. The first-order valence-corrected chi connectivity index (χ1v) is 7.46. The summed E-state index contributed by atoms with van der Waals surface area (Å²) in [6, 6.07) is 0.196. The van der Waals surface area contributed by atoms with E-state index in [0.29, 0.717) is 16.8 Å². The SMILES string of the molecule is CCc1nc(C2CCCN2Cc2nnsc2Cl)no1. The Morgan fingerprint density at radius 3 is 3.11 bits per heavy atom. The number of aromatic nitrogens is 4. The molecule has 0 radical (unpaired) electrons. The average Bonchev–Trinajstić information content (AvgIpc) is 3.11. The van der Waals surface area contributed by atoms with Gasteiger partial charge in [-0.1, -0.05) is 28.2 Å². The molecule has 1 fully saturated rings. The van der Waals surface area contributed by atoms with Crippen LogP contribution in [0.5, 0.6) is 0 Å². The lowest BCUT2D eigenvalue weighted by Crippen LogP contribution is -2.24. The maximum atomic E-state index is 6.06. The maximum absolute atomic E-state index is 6.06. The van der Waals surface area contributed by atoms with E-state index in [1.807, 2.05) is 6.92 Å². The van der Waals surface area contributed by atoms with Crippen molar-refractivity contribution in [2.75, 3.05) is 6.54 Å². The van der Waals surface area contributed by atoms with Crippen LogP contribution in [0.2, 0.25) is 4.34 Å². The maximum Gasteiger partial charge on any atom is 0.226 e. The highest BCUT2D eigenvalue weighted by molar-refractivity contribution is 7.10. The molecule has 0 aromatic carbocycles. The third-order valence-electron chi connectivity index (χ3n) is 3.31. The van der Waals surface area contributed by atoms with E-state index in [2.05, 4.69) is 24.6 Å². The second-order valence-electron chi connectivity index (χ2n) is 4.52. The first-order chi connectivity index (χ1) is 9.28. The van der Waals surface area contributed by atoms with E-state index in [1.54, 1.807) is 0 Å². The quantitative estimate of drug-likeness (QED) is 0.864. The van der Waals surface area contributed by atoms with Crippen LogP contribution in [0.4, 0.5) is 0 Å². The van der Waals surface area contributed by atoms with Crippen LogP contribution in [0.1, 0.15) is 43.2 Å². The Balaban J connectivity index is 1.76. The summed E-state index contributed by atoms with van der Waals surface area (Å²) in [5, 5.41) is 8.14. The second-order valence-corrected chi connectivity index (χ2v) is 5.88. The Hall–Kier alpha value is -1.05. The minimum atomic E-state index is 0.196. The van der Waals surface area contributed by atoms with Crippen LogP contribution in [0.3, 0.4) is 0 Å². The molecular weight excluding hydrogens is 286 g/mol. The summed E-state index contributed by atoms with van der Waals surface area (Å²) >= 11 is 7.28. The van der Waals surface area contributed by atoms with Crippen LogP contribution in [-0.2, 0) is 13.0 Å². The molecule has 0 N–H and O–H groups in total. The lowest BCUT2D eigenvalue weighted by Gasteiger charge is -2.20. The predicted molar refractivity (Wildman–Crippen MR) is 71.0 cm³/mol. The van der Waals surface area contributed by atoms with Gasteiger partial charge in [-0.2, -0.15) is 4.98 Å². The molecule has 102 valence electrons. The number of hydrogen-bond acceptors (Lipinski definition) is 7. The van der Waals surface area contributed by atoms with Gasteiger partial charge in [-0.15, -0.1) is 5.10 Å². The van der Waals surface area contributed by atoms with Crippen molar-refractivity contribution >= 4 is 23.1 Å². The van der Waals surface area contributed by atoms with Gasteiger partial charge >= 0.3 is 0 Å². The minimum absolute atomic E-state index is 0.196. The van der Waals surface area contributed by atoms with Crippen LogP contribution in [-0.4, -0.2) is 31.2 Å². The van der Waals surface area contributed by atoms with Crippen molar-refractivity contribution in [2.24, 2.45) is 0 Å². The zero-order valence-electron chi connectivity index (χ0n) is 10.5. The normalized spacial score (nSPS) is 20.2. The fraction of sp³-hybridized carbons (Fsp3) is 0.636. The summed E-state index contributed by atoms with van der Waals surface area (Å²) < 4.78 is 9.72. The highest BCUT2D eigenvalue weighted by Crippen LogP contribution is 2.32. The lowest BCUT2D eigenvalue weighted by molar-refractivity contribution is 0.231. The Morgan fingerprint density at radius 2 is 2.42 bits per heavy atom. The molecule has 0 amide bonds. The van der Waals surface area contributed by atoms with E-state index in [-0.39, 0.29) is 6.04 Å². The van der Waals surface area contributed by atoms with E-state index in [9.17, 15) is 0 Å². The van der Waals surface area contributed by atoms with E-state index in [1.165, 1.54) is 11.5 Å². The predicted octanol–water partition coefficient (Wildman–Crippen LogP) is 2.47. The molecule has 1 aliphatic rings. The number of halogens is 1. The molecule has 1 unspecified atom stereocenters. The van der Waals surface area contributed by atoms with Crippen LogP contribution < -0.4 is 0 Å². The van der Waals surface area contributed by atoms with Gasteiger partial charge in [0.25, 0.3) is 0 Å². The van der Waals surface area contributed by atoms with Gasteiger partial charge in [0.05, 0.1) is 6.04 Å². The summed E-state index contributed by atoms with van der Waals surface area (Å²) in [6.07, 6.45) is 2.93. The first-order valence-electron chi connectivity index (χ1n) is 6.31. The van der Waals surface area contributed by atoms with E-state index in [4.69, 9.17) is 16.1 Å². The molecule has 0 spiro atoms. The Bertz CT molecular complexity index is 557. The lowest BCUT2D eigenvalue weighted by atomic mass is 10.2. The van der Waals surface area contributed by atoms with Crippen molar-refractivity contribution in [3.05, 3.63) is 21.7 Å². The second kappa shape index (κ2) is 5.52. The summed E-state index contributed by atoms with van der Waals surface area (Å²) in [4.78, 5) is 6.71. The molecule has 2 aromatic heterocycles. The highest BCUT2D eigenvalue weighted by Gasteiger charge is 2.30. The smallest absolute Gasteiger partial charge is 0.226 e. The van der Waals surface area contributed by atoms with Gasteiger partial charge in [0.15, 0.2) is 5.82 Å². The highest BCUT2D eigenvalue weighted by atomic mass is 35.5. The van der Waals surface area contributed by atoms with Gasteiger partial charge in [-0.05, 0) is 19.4 Å². The van der Waals surface area contributed by atoms with Gasteiger partial charge in [0.2, 0.25) is 5.89 Å². The summed E-state index contributed by atoms with van der Waals surface area (Å²) in [5.41, 5.74) is 0.831. The van der Waals surface area contributed by atoms with Gasteiger partial charge in [0.1, 0.15) is 10.0 Å². The topological polar surface area (TPSA) is 67.9 Å². The minimum Gasteiger partial charge on any atom is -0.339 e. The number of hydrogen-bond donors (Lipinski definition) is 0. The van der Waals surface area contributed by atoms with Gasteiger partial charge in [-0.3, -0.25) is 4.90 Å². The Morgan fingerprint density at radius 1 is 1.53 bits per heavy atom. The van der Waals surface area contributed by atoms with Crippen LogP contribution in [0.15, 0.2) is 4.52 Å². The fourth-order valence-electron chi connectivity index (χ4n) is 2.34. The van der Waals surface area contributed by atoms with E-state index >= 15 is 0 Å². The molecule has 0 bridgehead atoms. The molecule has 3 rings (SSSR count). The van der Waals surface area contributed by atoms with Crippen molar-refractivity contribution in [3.63, 3.8) is 0 Å². The first kappa shape index (κ1) is 13.0. The molecule has 6 nitrogen and oxygen atoms in total. The van der Waals surface area contributed by atoms with Crippen LogP contribution in [0.25, 0.3) is 0 Å². The third-order valence-corrected chi connectivity index (χ3v) is 4.29. The van der Waals surface area contributed by atoms with Crippen molar-refractivity contribution in [1.29, 1.82) is 0 Å². The van der Waals surface area contributed by atoms with Crippen molar-refractivity contribution in [1.82, 2.24) is 24.6 Å². The number of likely N-dealkylation sites (tertiary alicyclic amines) is 1. The van der Waals surface area contributed by atoms with Crippen molar-refractivity contribution in [2.45, 2.75) is 38.8 Å². The fourth-order valence-corrected chi connectivity index (χ4v) is 2.95. The molecule has 1 saturated heterocycles. The largest absolute Gasteiger partial charge is 0.339 e. The number of aryl methyl sites for hydroxylation is 1. The molecule has 1 aliphatic heterocycles. The number of rotatable bonds is 4. The summed E-state index contributed by atoms with van der Waals surface area (Å²) in [7, 11) is 0. The summed E-state index contributed by atoms with van der Waals surface area (Å²) in [5.74, 6) is 1.46. The van der Waals surface area contributed by atoms with Gasteiger partial charge < -0.3 is 4.52 Å². The zero-order valence-corrected chi connectivity index (χ0v) is 12.1. The molecule has 8 heteroatoms. The number of nitrogens with zero attached hydrogens (tertiary/aromatic N) is 5. The van der Waals surface area contributed by atoms with Gasteiger partial charge in [0, 0.05) is 24.5 Å². The van der Waals surface area contributed by atoms with Crippen molar-refractivity contribution < 1.29 is 4.52 Å². The molecule has 19 heavy (non-hydrogen) atoms. The molecule has 0 saturated carbocycles. The Kier molecular flexibility index (Phi) is 3.76. The molecular formula is C11H14ClN5OS. The van der Waals surface area contributed by atoms with Gasteiger partial charge in [-0.25, -0.2) is 0 Å². The van der Waals surface area contributed by atoms with Crippen LogP contribution in [0, 0.1) is 0 Å². The molecule has 2 aromatic rings. The molecule has 0 aliphatic carbocycles. The molecule has 3 heterocycles. The van der Waals surface area contributed by atoms with Crippen LogP contribution >= 0.6 is 23.1 Å². The molecule has 1 atom stereocenters. The zero-order chi connectivity index (χ0) is 13.2. The summed E-state index contributed by atoms with van der Waals surface area (Å²) in [6.45, 7) is 3.69. The standard InChI is InChI=1S/C11H14ClN5OS/c1-2-9-13-11(15-18-9)8-4-3-5-17(8)6-7-10(12)19-16-14-7/h8H,2-6H2,1H3.